The molecule has 0 saturated carbocycles. The maximum Gasteiger partial charge on any atom is 0.233 e. The molecule has 0 N–H and O–H groups in total. The summed E-state index contributed by atoms with van der Waals surface area (Å²) in [5.41, 5.74) is -0.297. The first-order valence-electron chi connectivity index (χ1n) is 6.57. The Hall–Kier alpha value is -1.69. The van der Waals surface area contributed by atoms with Crippen molar-refractivity contribution in [3.63, 3.8) is 0 Å². The summed E-state index contributed by atoms with van der Waals surface area (Å²) in [6.45, 7) is 6.18. The van der Waals surface area contributed by atoms with Gasteiger partial charge in [0.25, 0.3) is 0 Å². The van der Waals surface area contributed by atoms with Gasteiger partial charge in [-0.2, -0.15) is 0 Å². The predicted molar refractivity (Wildman–Crippen MR) is 69.8 cm³/mol. The molecule has 0 atom stereocenters. The largest absolute Gasteiger partial charge is 0.379 e. The molecule has 19 heavy (non-hydrogen) atoms. The average Bonchev–Trinajstić information content (AvgIpc) is 2.45. The number of nitrogens with zero attached hydrogens (tertiary/aromatic N) is 4. The fraction of sp³-hybridized carbons (Fsp3) is 0.615. The van der Waals surface area contributed by atoms with Crippen molar-refractivity contribution in [1.82, 2.24) is 14.9 Å². The van der Waals surface area contributed by atoms with Gasteiger partial charge in [-0.05, 0) is 6.92 Å². The Morgan fingerprint density at radius 2 is 2.00 bits per heavy atom. The first-order chi connectivity index (χ1) is 9.19. The number of ether oxygens (including phenoxy) is 1. The van der Waals surface area contributed by atoms with Crippen molar-refractivity contribution in [2.45, 2.75) is 6.92 Å². The van der Waals surface area contributed by atoms with Gasteiger partial charge >= 0.3 is 0 Å². The quantitative estimate of drug-likeness (QED) is 0.760. The lowest BCUT2D eigenvalue weighted by Gasteiger charge is -2.43. The monoisotopic (exact) mass is 262 g/mol. The van der Waals surface area contributed by atoms with Gasteiger partial charge in [0, 0.05) is 38.6 Å². The van der Waals surface area contributed by atoms with Crippen molar-refractivity contribution >= 4 is 11.7 Å². The van der Waals surface area contributed by atoms with Crippen molar-refractivity contribution in [3.05, 3.63) is 18.6 Å². The zero-order valence-electron chi connectivity index (χ0n) is 11.1. The lowest BCUT2D eigenvalue weighted by atomic mass is 9.86. The van der Waals surface area contributed by atoms with Crippen LogP contribution in [0.2, 0.25) is 0 Å². The van der Waals surface area contributed by atoms with Crippen LogP contribution >= 0.6 is 0 Å². The van der Waals surface area contributed by atoms with E-state index >= 15 is 0 Å². The molecule has 2 aliphatic heterocycles. The van der Waals surface area contributed by atoms with Crippen molar-refractivity contribution < 1.29 is 9.53 Å². The summed E-state index contributed by atoms with van der Waals surface area (Å²) in [5.74, 6) is 1.10. The number of carbonyl (C=O) groups excluding carboxylic acids is 1. The van der Waals surface area contributed by atoms with E-state index in [1.807, 2.05) is 11.8 Å². The molecule has 0 radical (unpaired) electrons. The molecule has 6 heteroatoms. The van der Waals surface area contributed by atoms with E-state index in [1.54, 1.807) is 18.6 Å². The highest BCUT2D eigenvalue weighted by Gasteiger charge is 2.44. The third-order valence-corrected chi connectivity index (χ3v) is 3.80. The van der Waals surface area contributed by atoms with E-state index in [9.17, 15) is 4.79 Å². The first-order valence-corrected chi connectivity index (χ1v) is 6.57. The maximum atomic E-state index is 12.3. The SMILES string of the molecule is CC1(C(=O)N2CCN(c3cnccn3)CC2)COC1. The zero-order chi connectivity index (χ0) is 13.3. The Kier molecular flexibility index (Phi) is 3.10. The van der Waals surface area contributed by atoms with Gasteiger partial charge in [-0.1, -0.05) is 0 Å². The summed E-state index contributed by atoms with van der Waals surface area (Å²) in [5, 5.41) is 0. The van der Waals surface area contributed by atoms with Crippen LogP contribution in [0.25, 0.3) is 0 Å². The smallest absolute Gasteiger partial charge is 0.233 e. The van der Waals surface area contributed by atoms with Gasteiger partial charge in [0.2, 0.25) is 5.91 Å². The molecule has 3 heterocycles. The number of carbonyl (C=O) groups is 1. The van der Waals surface area contributed by atoms with Gasteiger partial charge in [0.15, 0.2) is 0 Å². The van der Waals surface area contributed by atoms with E-state index < -0.39 is 0 Å². The van der Waals surface area contributed by atoms with Crippen molar-refractivity contribution in [1.29, 1.82) is 0 Å². The van der Waals surface area contributed by atoms with Crippen molar-refractivity contribution in [3.8, 4) is 0 Å². The van der Waals surface area contributed by atoms with Crippen LogP contribution in [0.5, 0.6) is 0 Å². The Bertz CT molecular complexity index is 453. The molecule has 2 aliphatic rings. The average molecular weight is 262 g/mol. The second kappa shape index (κ2) is 4.77. The summed E-state index contributed by atoms with van der Waals surface area (Å²) in [6, 6.07) is 0. The van der Waals surface area contributed by atoms with Gasteiger partial charge in [-0.3, -0.25) is 9.78 Å². The molecule has 0 unspecified atom stereocenters. The molecule has 6 nitrogen and oxygen atoms in total. The molecule has 2 fully saturated rings. The van der Waals surface area contributed by atoms with Crippen LogP contribution in [0.4, 0.5) is 5.82 Å². The Morgan fingerprint density at radius 1 is 1.26 bits per heavy atom. The van der Waals surface area contributed by atoms with Crippen LogP contribution < -0.4 is 4.90 Å². The molecular weight excluding hydrogens is 244 g/mol. The minimum absolute atomic E-state index is 0.220. The van der Waals surface area contributed by atoms with Crippen LogP contribution in [0, 0.1) is 5.41 Å². The summed E-state index contributed by atoms with van der Waals surface area (Å²) < 4.78 is 5.16. The summed E-state index contributed by atoms with van der Waals surface area (Å²) in [6.07, 6.45) is 5.12. The summed E-state index contributed by atoms with van der Waals surface area (Å²) in [7, 11) is 0. The van der Waals surface area contributed by atoms with E-state index in [-0.39, 0.29) is 11.3 Å². The molecule has 1 amide bonds. The summed E-state index contributed by atoms with van der Waals surface area (Å²) >= 11 is 0. The third-order valence-electron chi connectivity index (χ3n) is 3.80. The number of anilines is 1. The number of aromatic nitrogens is 2. The lowest BCUT2D eigenvalue weighted by molar-refractivity contribution is -0.169. The minimum Gasteiger partial charge on any atom is -0.379 e. The van der Waals surface area contributed by atoms with Crippen LogP contribution in [-0.2, 0) is 9.53 Å². The number of amides is 1. The number of rotatable bonds is 2. The molecule has 0 bridgehead atoms. The molecule has 3 rings (SSSR count). The fourth-order valence-corrected chi connectivity index (χ4v) is 2.51. The number of hydrogen-bond acceptors (Lipinski definition) is 5. The zero-order valence-corrected chi connectivity index (χ0v) is 11.1. The van der Waals surface area contributed by atoms with E-state index in [1.165, 1.54) is 0 Å². The van der Waals surface area contributed by atoms with Crippen LogP contribution in [-0.4, -0.2) is 60.2 Å². The highest BCUT2D eigenvalue weighted by atomic mass is 16.5. The van der Waals surface area contributed by atoms with Gasteiger partial charge < -0.3 is 14.5 Å². The van der Waals surface area contributed by atoms with E-state index in [0.29, 0.717) is 13.2 Å². The number of piperazine rings is 1. The third kappa shape index (κ3) is 2.28. The standard InChI is InChI=1S/C13H18N4O2/c1-13(9-19-10-13)12(18)17-6-4-16(5-7-17)11-8-14-2-3-15-11/h2-3,8H,4-7,9-10H2,1H3. The minimum atomic E-state index is -0.297. The van der Waals surface area contributed by atoms with E-state index in [0.717, 1.165) is 32.0 Å². The van der Waals surface area contributed by atoms with Crippen molar-refractivity contribution in [2.24, 2.45) is 5.41 Å². The Labute approximate surface area is 112 Å². The van der Waals surface area contributed by atoms with Crippen LogP contribution in [0.1, 0.15) is 6.92 Å². The normalized spacial score (nSPS) is 21.9. The van der Waals surface area contributed by atoms with Gasteiger partial charge in [0.05, 0.1) is 24.8 Å². The molecule has 102 valence electrons. The Morgan fingerprint density at radius 3 is 2.53 bits per heavy atom. The lowest BCUT2D eigenvalue weighted by Crippen LogP contribution is -2.58. The molecule has 0 aliphatic carbocycles. The molecule has 1 aromatic heterocycles. The van der Waals surface area contributed by atoms with Gasteiger partial charge in [-0.25, -0.2) is 4.98 Å². The first kappa shape index (κ1) is 12.3. The van der Waals surface area contributed by atoms with Crippen LogP contribution in [0.3, 0.4) is 0 Å². The van der Waals surface area contributed by atoms with E-state index in [4.69, 9.17) is 4.74 Å². The predicted octanol–water partition coefficient (Wildman–Crippen LogP) is 0.162. The Balaban J connectivity index is 1.59. The molecule has 0 spiro atoms. The fourth-order valence-electron chi connectivity index (χ4n) is 2.51. The summed E-state index contributed by atoms with van der Waals surface area (Å²) in [4.78, 5) is 24.8. The van der Waals surface area contributed by atoms with E-state index in [2.05, 4.69) is 14.9 Å². The molecular formula is C13H18N4O2. The van der Waals surface area contributed by atoms with Gasteiger partial charge in [-0.15, -0.1) is 0 Å². The topological polar surface area (TPSA) is 58.6 Å². The van der Waals surface area contributed by atoms with Crippen molar-refractivity contribution in [2.75, 3.05) is 44.3 Å². The number of hydrogen-bond donors (Lipinski definition) is 0. The highest BCUT2D eigenvalue weighted by Crippen LogP contribution is 2.29. The maximum absolute atomic E-state index is 12.3. The molecule has 1 aromatic rings. The molecule has 2 saturated heterocycles. The van der Waals surface area contributed by atoms with Crippen LogP contribution in [0.15, 0.2) is 18.6 Å². The highest BCUT2D eigenvalue weighted by molar-refractivity contribution is 5.83. The second-order valence-electron chi connectivity index (χ2n) is 5.40. The second-order valence-corrected chi connectivity index (χ2v) is 5.40. The molecule has 0 aromatic carbocycles. The van der Waals surface area contributed by atoms with Gasteiger partial charge in [0.1, 0.15) is 5.82 Å².